The van der Waals surface area contributed by atoms with E-state index < -0.39 is 57.6 Å². The molecule has 0 aromatic heterocycles. The zero-order valence-electron chi connectivity index (χ0n) is 16.2. The number of anilines is 1. The number of alkyl halides is 4. The topological polar surface area (TPSA) is 62.7 Å². The molecule has 4 rings (SSSR count). The Hall–Kier alpha value is -2.30. The van der Waals surface area contributed by atoms with Crippen molar-refractivity contribution in [2.75, 3.05) is 5.43 Å². The summed E-state index contributed by atoms with van der Waals surface area (Å²) in [6.07, 6.45) is -6.82. The fraction of sp³-hybridized carbons (Fsp3) is 0.300. The number of carbonyl (C=O) groups is 1. The molecule has 13 heteroatoms. The van der Waals surface area contributed by atoms with Crippen molar-refractivity contribution in [3.63, 3.8) is 0 Å². The van der Waals surface area contributed by atoms with E-state index in [0.717, 1.165) is 12.1 Å². The zero-order chi connectivity index (χ0) is 24.1. The van der Waals surface area contributed by atoms with Gasteiger partial charge >= 0.3 is 6.18 Å². The average Bonchev–Trinajstić information content (AvgIpc) is 3.29. The highest BCUT2D eigenvalue weighted by molar-refractivity contribution is 6.35. The third-order valence-corrected chi connectivity index (χ3v) is 6.19. The van der Waals surface area contributed by atoms with Crippen molar-refractivity contribution in [2.24, 2.45) is 11.1 Å². The van der Waals surface area contributed by atoms with Gasteiger partial charge < -0.3 is 4.84 Å². The molecule has 0 radical (unpaired) electrons. The zero-order valence-corrected chi connectivity index (χ0v) is 18.5. The second kappa shape index (κ2) is 8.48. The molecular formula is C20H13Cl3F5N3O2. The summed E-state index contributed by atoms with van der Waals surface area (Å²) in [5.74, 6) is -2.39. The standard InChI is InChI=1S/C20H13Cl3F5N3O2/c21-11-2-1-8(3-15(11)29-30-18(32)10-6-14(10)24)16-7-19(33-31-16,20(26,27)28)9-4-12(22)17(25)13(23)5-9/h1-5,10,14,29H,6-7H2,(H,30,32)/t10-,14-,19+/m1/s1. The summed E-state index contributed by atoms with van der Waals surface area (Å²) in [5, 5.41) is 2.55. The first-order valence-electron chi connectivity index (χ1n) is 9.39. The van der Waals surface area contributed by atoms with Gasteiger partial charge in [-0.2, -0.15) is 13.2 Å². The Bertz CT molecular complexity index is 1140. The summed E-state index contributed by atoms with van der Waals surface area (Å²) in [7, 11) is 0. The molecule has 1 amide bonds. The van der Waals surface area contributed by atoms with Crippen LogP contribution in [0.5, 0.6) is 0 Å². The van der Waals surface area contributed by atoms with E-state index in [4.69, 9.17) is 39.6 Å². The maximum Gasteiger partial charge on any atom is 0.435 e. The van der Waals surface area contributed by atoms with Gasteiger partial charge in [0.15, 0.2) is 5.82 Å². The highest BCUT2D eigenvalue weighted by Gasteiger charge is 2.62. The molecule has 176 valence electrons. The summed E-state index contributed by atoms with van der Waals surface area (Å²) >= 11 is 17.5. The number of nitrogens with one attached hydrogen (secondary N) is 2. The molecule has 1 aliphatic carbocycles. The molecule has 2 aromatic rings. The van der Waals surface area contributed by atoms with Crippen molar-refractivity contribution < 1.29 is 31.6 Å². The van der Waals surface area contributed by atoms with Gasteiger partial charge in [0.25, 0.3) is 5.60 Å². The van der Waals surface area contributed by atoms with Crippen LogP contribution in [-0.2, 0) is 15.2 Å². The molecule has 1 fully saturated rings. The van der Waals surface area contributed by atoms with E-state index in [1.165, 1.54) is 18.2 Å². The lowest BCUT2D eigenvalue weighted by atomic mass is 9.86. The number of hydrogen-bond acceptors (Lipinski definition) is 4. The van der Waals surface area contributed by atoms with Gasteiger partial charge in [0.05, 0.1) is 32.4 Å². The Kier molecular flexibility index (Phi) is 6.13. The summed E-state index contributed by atoms with van der Waals surface area (Å²) in [4.78, 5) is 16.7. The number of carbonyl (C=O) groups excluding carboxylic acids is 1. The second-order valence-electron chi connectivity index (χ2n) is 7.55. The quantitative estimate of drug-likeness (QED) is 0.277. The van der Waals surface area contributed by atoms with Gasteiger partial charge in [0.2, 0.25) is 5.91 Å². The van der Waals surface area contributed by atoms with Crippen molar-refractivity contribution >= 4 is 52.1 Å². The van der Waals surface area contributed by atoms with Crippen molar-refractivity contribution in [3.8, 4) is 0 Å². The van der Waals surface area contributed by atoms with Gasteiger partial charge in [-0.15, -0.1) is 0 Å². The first-order valence-corrected chi connectivity index (χ1v) is 10.5. The van der Waals surface area contributed by atoms with Gasteiger partial charge in [0, 0.05) is 17.5 Å². The van der Waals surface area contributed by atoms with Crippen molar-refractivity contribution in [2.45, 2.75) is 30.8 Å². The van der Waals surface area contributed by atoms with Crippen LogP contribution in [-0.4, -0.2) is 24.0 Å². The van der Waals surface area contributed by atoms with Crippen molar-refractivity contribution in [3.05, 3.63) is 62.3 Å². The van der Waals surface area contributed by atoms with Crippen LogP contribution < -0.4 is 10.9 Å². The molecule has 1 heterocycles. The number of benzene rings is 2. The van der Waals surface area contributed by atoms with E-state index >= 15 is 0 Å². The highest BCUT2D eigenvalue weighted by Crippen LogP contribution is 2.50. The molecule has 3 atom stereocenters. The molecule has 0 saturated heterocycles. The maximum absolute atomic E-state index is 14.1. The monoisotopic (exact) mass is 527 g/mol. The Morgan fingerprint density at radius 1 is 1.12 bits per heavy atom. The van der Waals surface area contributed by atoms with E-state index in [0.29, 0.717) is 0 Å². The molecule has 33 heavy (non-hydrogen) atoms. The number of hydrogen-bond donors (Lipinski definition) is 2. The van der Waals surface area contributed by atoms with Crippen LogP contribution in [0.25, 0.3) is 0 Å². The maximum atomic E-state index is 14.1. The molecular weight excluding hydrogens is 516 g/mol. The van der Waals surface area contributed by atoms with Crippen molar-refractivity contribution in [1.82, 2.24) is 5.43 Å². The normalized spacial score (nSPS) is 24.2. The number of amides is 1. The minimum absolute atomic E-state index is 0.0963. The van der Waals surface area contributed by atoms with E-state index in [1.54, 1.807) is 0 Å². The first kappa shape index (κ1) is 23.8. The Labute approximate surface area is 198 Å². The Morgan fingerprint density at radius 2 is 1.76 bits per heavy atom. The third kappa shape index (κ3) is 4.43. The molecule has 2 aromatic carbocycles. The van der Waals surface area contributed by atoms with Crippen LogP contribution in [0.2, 0.25) is 15.1 Å². The number of oxime groups is 1. The van der Waals surface area contributed by atoms with Gasteiger partial charge in [-0.3, -0.25) is 15.6 Å². The Balaban J connectivity index is 1.60. The SMILES string of the molecule is O=C(NNc1cc(C2=NO[C@@](c3cc(Cl)c(F)c(Cl)c3)(C(F)(F)F)C2)ccc1Cl)[C@@H]1C[C@H]1F. The lowest BCUT2D eigenvalue weighted by Crippen LogP contribution is -2.42. The van der Waals surface area contributed by atoms with Crippen molar-refractivity contribution in [1.29, 1.82) is 0 Å². The minimum Gasteiger partial charge on any atom is -0.374 e. The van der Waals surface area contributed by atoms with Crippen LogP contribution in [0.15, 0.2) is 35.5 Å². The van der Waals surface area contributed by atoms with Gasteiger partial charge in [-0.1, -0.05) is 46.0 Å². The fourth-order valence-electron chi connectivity index (χ4n) is 3.30. The predicted molar refractivity (Wildman–Crippen MR) is 113 cm³/mol. The summed E-state index contributed by atoms with van der Waals surface area (Å²) in [5.41, 5.74) is 1.62. The average molecular weight is 529 g/mol. The molecule has 0 spiro atoms. The largest absolute Gasteiger partial charge is 0.435 e. The predicted octanol–water partition coefficient (Wildman–Crippen LogP) is 6.17. The first-order chi connectivity index (χ1) is 15.4. The van der Waals surface area contributed by atoms with Gasteiger partial charge in [-0.25, -0.2) is 8.78 Å². The number of hydrazine groups is 1. The smallest absolute Gasteiger partial charge is 0.374 e. The molecule has 2 N–H and O–H groups in total. The number of rotatable bonds is 5. The van der Waals surface area contributed by atoms with Crippen LogP contribution in [0.1, 0.15) is 24.0 Å². The highest BCUT2D eigenvalue weighted by atomic mass is 35.5. The Morgan fingerprint density at radius 3 is 2.33 bits per heavy atom. The van der Waals surface area contributed by atoms with E-state index in [9.17, 15) is 26.7 Å². The molecule has 0 bridgehead atoms. The van der Waals surface area contributed by atoms with Crippen LogP contribution >= 0.6 is 34.8 Å². The van der Waals surface area contributed by atoms with Gasteiger partial charge in [0.1, 0.15) is 6.17 Å². The van der Waals surface area contributed by atoms with E-state index in [1.807, 2.05) is 0 Å². The summed E-state index contributed by atoms with van der Waals surface area (Å²) in [6, 6.07) is 5.71. The molecule has 2 aliphatic rings. The van der Waals surface area contributed by atoms with E-state index in [2.05, 4.69) is 16.0 Å². The summed E-state index contributed by atoms with van der Waals surface area (Å²) < 4.78 is 69.2. The number of halogens is 8. The molecule has 1 saturated carbocycles. The molecule has 0 unspecified atom stereocenters. The van der Waals surface area contributed by atoms with Gasteiger partial charge in [-0.05, 0) is 30.7 Å². The summed E-state index contributed by atoms with van der Waals surface area (Å²) in [6.45, 7) is 0. The third-order valence-electron chi connectivity index (χ3n) is 5.31. The fourth-order valence-corrected chi connectivity index (χ4v) is 3.96. The van der Waals surface area contributed by atoms with E-state index in [-0.39, 0.29) is 28.4 Å². The number of nitrogens with zero attached hydrogens (tertiary/aromatic N) is 1. The lowest BCUT2D eigenvalue weighted by Gasteiger charge is -2.29. The van der Waals surface area contributed by atoms with Crippen LogP contribution in [0.4, 0.5) is 27.6 Å². The second-order valence-corrected chi connectivity index (χ2v) is 8.77. The van der Waals surface area contributed by atoms with Crippen LogP contribution in [0.3, 0.4) is 0 Å². The van der Waals surface area contributed by atoms with Crippen LogP contribution in [0, 0.1) is 11.7 Å². The molecule has 5 nitrogen and oxygen atoms in total. The molecule has 1 aliphatic heterocycles. The minimum atomic E-state index is -4.96. The lowest BCUT2D eigenvalue weighted by molar-refractivity contribution is -0.275.